The second-order valence-electron chi connectivity index (χ2n) is 5.07. The topological polar surface area (TPSA) is 47.4 Å². The van der Waals surface area contributed by atoms with Gasteiger partial charge < -0.3 is 4.74 Å². The van der Waals surface area contributed by atoms with Crippen LogP contribution in [0.4, 0.5) is 5.69 Å². The van der Waals surface area contributed by atoms with Crippen molar-refractivity contribution in [2.45, 2.75) is 5.92 Å². The van der Waals surface area contributed by atoms with E-state index in [0.29, 0.717) is 5.15 Å². The summed E-state index contributed by atoms with van der Waals surface area (Å²) in [7, 11) is 1.64. The number of ether oxygens (including phenoxy) is 1. The summed E-state index contributed by atoms with van der Waals surface area (Å²) in [4.78, 5) is 13.6. The number of hydrogen-bond donors (Lipinski definition) is 0. The first-order chi connectivity index (χ1) is 10.8. The standard InChI is InChI=1S/C17H12ClN3O/c1-22-10-6-7-11-12(9-19-15(11)8-10)16-17(18)21-14-5-3-2-4-13(14)20-16/h2-9,12H,1H3. The van der Waals surface area contributed by atoms with E-state index in [-0.39, 0.29) is 5.92 Å². The van der Waals surface area contributed by atoms with Gasteiger partial charge in [0.15, 0.2) is 5.15 Å². The predicted octanol–water partition coefficient (Wildman–Crippen LogP) is 4.14. The highest BCUT2D eigenvalue weighted by atomic mass is 35.5. The Hall–Kier alpha value is -2.46. The summed E-state index contributed by atoms with van der Waals surface area (Å²) in [6.07, 6.45) is 1.86. The van der Waals surface area contributed by atoms with E-state index < -0.39 is 0 Å². The van der Waals surface area contributed by atoms with Crippen LogP contribution >= 0.6 is 11.6 Å². The van der Waals surface area contributed by atoms with Crippen molar-refractivity contribution in [2.24, 2.45) is 4.99 Å². The molecule has 1 aliphatic rings. The van der Waals surface area contributed by atoms with Crippen molar-refractivity contribution in [1.82, 2.24) is 9.97 Å². The van der Waals surface area contributed by atoms with Gasteiger partial charge in [-0.25, -0.2) is 9.97 Å². The van der Waals surface area contributed by atoms with Crippen molar-refractivity contribution in [1.29, 1.82) is 0 Å². The number of hydrogen-bond acceptors (Lipinski definition) is 4. The summed E-state index contributed by atoms with van der Waals surface area (Å²) < 4.78 is 5.23. The summed E-state index contributed by atoms with van der Waals surface area (Å²) in [6.45, 7) is 0. The molecule has 0 spiro atoms. The summed E-state index contributed by atoms with van der Waals surface area (Å²) in [5.74, 6) is 0.706. The third-order valence-corrected chi connectivity index (χ3v) is 4.06. The van der Waals surface area contributed by atoms with Crippen LogP contribution in [0, 0.1) is 0 Å². The molecule has 4 rings (SSSR count). The molecule has 2 heterocycles. The van der Waals surface area contributed by atoms with Crippen molar-refractivity contribution >= 4 is 34.5 Å². The number of para-hydroxylation sites is 2. The van der Waals surface area contributed by atoms with Gasteiger partial charge in [0.2, 0.25) is 0 Å². The molecule has 0 amide bonds. The third kappa shape index (κ3) is 2.04. The van der Waals surface area contributed by atoms with Gasteiger partial charge in [0.1, 0.15) is 5.75 Å². The molecule has 5 heteroatoms. The summed E-state index contributed by atoms with van der Waals surface area (Å²) >= 11 is 6.35. The highest BCUT2D eigenvalue weighted by Crippen LogP contribution is 2.39. The van der Waals surface area contributed by atoms with Gasteiger partial charge in [0, 0.05) is 12.3 Å². The van der Waals surface area contributed by atoms with Crippen LogP contribution in [0.15, 0.2) is 47.5 Å². The first-order valence-electron chi connectivity index (χ1n) is 6.90. The quantitative estimate of drug-likeness (QED) is 0.714. The Kier molecular flexibility index (Phi) is 3.05. The molecular weight excluding hydrogens is 298 g/mol. The number of fused-ring (bicyclic) bond motifs is 2. The normalized spacial score (nSPS) is 16.0. The minimum absolute atomic E-state index is 0.0782. The monoisotopic (exact) mass is 309 g/mol. The molecule has 22 heavy (non-hydrogen) atoms. The Morgan fingerprint density at radius 2 is 1.82 bits per heavy atom. The van der Waals surface area contributed by atoms with Crippen molar-refractivity contribution in [3.63, 3.8) is 0 Å². The molecular formula is C17H12ClN3O. The Bertz CT molecular complexity index is 908. The van der Waals surface area contributed by atoms with Crippen molar-refractivity contribution in [2.75, 3.05) is 7.11 Å². The second-order valence-corrected chi connectivity index (χ2v) is 5.43. The molecule has 3 aromatic rings. The molecule has 0 N–H and O–H groups in total. The molecule has 1 unspecified atom stereocenters. The molecule has 0 fully saturated rings. The van der Waals surface area contributed by atoms with Gasteiger partial charge in [0.05, 0.1) is 35.4 Å². The minimum Gasteiger partial charge on any atom is -0.497 e. The highest BCUT2D eigenvalue weighted by Gasteiger charge is 2.25. The zero-order chi connectivity index (χ0) is 15.1. The van der Waals surface area contributed by atoms with E-state index in [2.05, 4.69) is 15.0 Å². The third-order valence-electron chi connectivity index (χ3n) is 3.78. The first-order valence-corrected chi connectivity index (χ1v) is 7.28. The van der Waals surface area contributed by atoms with E-state index in [1.807, 2.05) is 48.7 Å². The van der Waals surface area contributed by atoms with Crippen LogP contribution in [0.25, 0.3) is 11.0 Å². The Labute approximate surface area is 132 Å². The number of methoxy groups -OCH3 is 1. The van der Waals surface area contributed by atoms with Gasteiger partial charge >= 0.3 is 0 Å². The fraction of sp³-hybridized carbons (Fsp3) is 0.118. The van der Waals surface area contributed by atoms with Crippen LogP contribution in [0.2, 0.25) is 5.15 Å². The van der Waals surface area contributed by atoms with Crippen LogP contribution in [0.1, 0.15) is 17.2 Å². The van der Waals surface area contributed by atoms with E-state index in [4.69, 9.17) is 16.3 Å². The predicted molar refractivity (Wildman–Crippen MR) is 87.5 cm³/mol. The maximum absolute atomic E-state index is 6.35. The van der Waals surface area contributed by atoms with Crippen molar-refractivity contribution < 1.29 is 4.74 Å². The average Bonchev–Trinajstić information content (AvgIpc) is 2.97. The Morgan fingerprint density at radius 3 is 2.59 bits per heavy atom. The number of rotatable bonds is 2. The SMILES string of the molecule is COc1ccc2c(c1)N=CC2c1nc2ccccc2nc1Cl. The fourth-order valence-electron chi connectivity index (χ4n) is 2.67. The lowest BCUT2D eigenvalue weighted by Crippen LogP contribution is -2.04. The molecule has 2 aromatic carbocycles. The molecule has 0 saturated carbocycles. The molecule has 4 nitrogen and oxygen atoms in total. The molecule has 1 atom stereocenters. The zero-order valence-corrected chi connectivity index (χ0v) is 12.6. The number of benzene rings is 2. The minimum atomic E-state index is -0.0782. The highest BCUT2D eigenvalue weighted by molar-refractivity contribution is 6.30. The van der Waals surface area contributed by atoms with E-state index in [1.165, 1.54) is 0 Å². The molecule has 0 aliphatic carbocycles. The van der Waals surface area contributed by atoms with Crippen LogP contribution in [0.3, 0.4) is 0 Å². The lowest BCUT2D eigenvalue weighted by Gasteiger charge is -2.12. The van der Waals surface area contributed by atoms with Gasteiger partial charge in [-0.1, -0.05) is 29.8 Å². The average molecular weight is 310 g/mol. The van der Waals surface area contributed by atoms with Crippen molar-refractivity contribution in [3.8, 4) is 5.75 Å². The smallest absolute Gasteiger partial charge is 0.152 e. The Morgan fingerprint density at radius 1 is 1.05 bits per heavy atom. The maximum atomic E-state index is 6.35. The van der Waals surface area contributed by atoms with Gasteiger partial charge in [-0.15, -0.1) is 0 Å². The molecule has 0 saturated heterocycles. The summed E-state index contributed by atoms with van der Waals surface area (Å²) in [6, 6.07) is 13.5. The van der Waals surface area contributed by atoms with Crippen molar-refractivity contribution in [3.05, 3.63) is 58.9 Å². The number of aromatic nitrogens is 2. The van der Waals surface area contributed by atoms with Crippen LogP contribution < -0.4 is 4.74 Å². The van der Waals surface area contributed by atoms with E-state index in [1.54, 1.807) is 7.11 Å². The van der Waals surface area contributed by atoms with E-state index in [0.717, 1.165) is 33.7 Å². The molecule has 0 bridgehead atoms. The number of nitrogens with zero attached hydrogens (tertiary/aromatic N) is 3. The number of aliphatic imine (C=N–C) groups is 1. The van der Waals surface area contributed by atoms with Gasteiger partial charge in [-0.05, 0) is 23.8 Å². The lowest BCUT2D eigenvalue weighted by molar-refractivity contribution is 0.415. The van der Waals surface area contributed by atoms with Gasteiger partial charge in [-0.3, -0.25) is 4.99 Å². The van der Waals surface area contributed by atoms with Gasteiger partial charge in [-0.2, -0.15) is 0 Å². The molecule has 1 aliphatic heterocycles. The summed E-state index contributed by atoms with van der Waals surface area (Å²) in [5.41, 5.74) is 4.30. The van der Waals surface area contributed by atoms with Crippen LogP contribution in [-0.4, -0.2) is 23.3 Å². The Balaban J connectivity index is 1.85. The lowest BCUT2D eigenvalue weighted by atomic mass is 9.97. The van der Waals surface area contributed by atoms with E-state index in [9.17, 15) is 0 Å². The molecule has 1 aromatic heterocycles. The van der Waals surface area contributed by atoms with Crippen LogP contribution in [-0.2, 0) is 0 Å². The van der Waals surface area contributed by atoms with E-state index >= 15 is 0 Å². The molecule has 0 radical (unpaired) electrons. The fourth-order valence-corrected chi connectivity index (χ4v) is 2.92. The summed E-state index contributed by atoms with van der Waals surface area (Å²) in [5, 5.41) is 0.416. The largest absolute Gasteiger partial charge is 0.497 e. The van der Waals surface area contributed by atoms with Crippen LogP contribution in [0.5, 0.6) is 5.75 Å². The maximum Gasteiger partial charge on any atom is 0.152 e. The molecule has 108 valence electrons. The zero-order valence-electron chi connectivity index (χ0n) is 11.8. The first kappa shape index (κ1) is 13.2. The number of halogens is 1. The van der Waals surface area contributed by atoms with Gasteiger partial charge in [0.25, 0.3) is 0 Å². The second kappa shape index (κ2) is 5.07.